The zero-order chi connectivity index (χ0) is 21.6. The number of aliphatic hydroxyl groups excluding tert-OH is 1. The summed E-state index contributed by atoms with van der Waals surface area (Å²) in [6, 6.07) is 13.9. The number of hydrogen-bond donors (Lipinski definition) is 1. The van der Waals surface area contributed by atoms with E-state index in [1.165, 1.54) is 16.2 Å². The highest BCUT2D eigenvalue weighted by atomic mass is 35.5. The summed E-state index contributed by atoms with van der Waals surface area (Å²) in [5, 5.41) is 13.6. The second-order valence-electron chi connectivity index (χ2n) is 7.39. The number of aliphatic hydroxyl groups is 1. The fraction of sp³-hybridized carbons (Fsp3) is 0.167. The molecule has 2 heterocycles. The maximum Gasteiger partial charge on any atom is 0.300 e. The van der Waals surface area contributed by atoms with Gasteiger partial charge in [0.15, 0.2) is 0 Å². The van der Waals surface area contributed by atoms with Gasteiger partial charge in [0.1, 0.15) is 11.8 Å². The SMILES string of the molecule is Cc1ccc(C)c(/C(O)=C2/C(=O)C(=O)N(c3cccc(Cl)c3C)C2c2cccs2)c1. The predicted octanol–water partition coefficient (Wildman–Crippen LogP) is 5.95. The van der Waals surface area contributed by atoms with Crippen molar-refractivity contribution in [2.75, 3.05) is 4.90 Å². The number of thiophene rings is 1. The van der Waals surface area contributed by atoms with Crippen molar-refractivity contribution in [2.24, 2.45) is 0 Å². The quantitative estimate of drug-likeness (QED) is 0.313. The van der Waals surface area contributed by atoms with Gasteiger partial charge in [0.05, 0.1) is 5.57 Å². The second kappa shape index (κ2) is 7.74. The van der Waals surface area contributed by atoms with Gasteiger partial charge in [-0.15, -0.1) is 11.3 Å². The number of ketones is 1. The van der Waals surface area contributed by atoms with Crippen molar-refractivity contribution in [1.29, 1.82) is 0 Å². The van der Waals surface area contributed by atoms with Crippen LogP contribution in [0.1, 0.15) is 33.2 Å². The molecule has 1 fully saturated rings. The van der Waals surface area contributed by atoms with E-state index in [9.17, 15) is 14.7 Å². The molecule has 1 amide bonds. The lowest BCUT2D eigenvalue weighted by atomic mass is 9.96. The first-order valence-corrected chi connectivity index (χ1v) is 10.7. The molecule has 30 heavy (non-hydrogen) atoms. The Labute approximate surface area is 184 Å². The van der Waals surface area contributed by atoms with E-state index in [1.807, 2.05) is 56.5 Å². The topological polar surface area (TPSA) is 57.6 Å². The van der Waals surface area contributed by atoms with Crippen LogP contribution in [-0.2, 0) is 9.59 Å². The number of carbonyl (C=O) groups excluding carboxylic acids is 2. The Hall–Kier alpha value is -2.89. The van der Waals surface area contributed by atoms with Crippen LogP contribution in [0.5, 0.6) is 0 Å². The molecule has 1 unspecified atom stereocenters. The zero-order valence-electron chi connectivity index (χ0n) is 16.8. The highest BCUT2D eigenvalue weighted by Crippen LogP contribution is 2.45. The van der Waals surface area contributed by atoms with E-state index in [-0.39, 0.29) is 11.3 Å². The number of amides is 1. The lowest BCUT2D eigenvalue weighted by Gasteiger charge is -2.26. The Kier molecular flexibility index (Phi) is 5.26. The van der Waals surface area contributed by atoms with Gasteiger partial charge in [-0.2, -0.15) is 0 Å². The number of hydrogen-bond acceptors (Lipinski definition) is 4. The summed E-state index contributed by atoms with van der Waals surface area (Å²) in [5.41, 5.74) is 3.69. The van der Waals surface area contributed by atoms with Crippen LogP contribution in [0, 0.1) is 20.8 Å². The van der Waals surface area contributed by atoms with Crippen LogP contribution in [-0.4, -0.2) is 16.8 Å². The lowest BCUT2D eigenvalue weighted by Crippen LogP contribution is -2.29. The summed E-state index contributed by atoms with van der Waals surface area (Å²) >= 11 is 7.73. The van der Waals surface area contributed by atoms with Crippen molar-refractivity contribution in [3.63, 3.8) is 0 Å². The average Bonchev–Trinajstić information content (AvgIpc) is 3.33. The monoisotopic (exact) mass is 437 g/mol. The van der Waals surface area contributed by atoms with Crippen molar-refractivity contribution in [2.45, 2.75) is 26.8 Å². The Morgan fingerprint density at radius 2 is 1.83 bits per heavy atom. The van der Waals surface area contributed by atoms with E-state index in [4.69, 9.17) is 11.6 Å². The number of rotatable bonds is 3. The molecule has 0 saturated carbocycles. The molecule has 1 atom stereocenters. The molecule has 4 nitrogen and oxygen atoms in total. The third kappa shape index (κ3) is 3.24. The molecular formula is C24H20ClNO3S. The molecule has 1 saturated heterocycles. The molecule has 2 aromatic carbocycles. The van der Waals surface area contributed by atoms with Crippen LogP contribution in [0.4, 0.5) is 5.69 Å². The molecule has 152 valence electrons. The summed E-state index contributed by atoms with van der Waals surface area (Å²) in [7, 11) is 0. The maximum atomic E-state index is 13.2. The van der Waals surface area contributed by atoms with Gasteiger partial charge in [-0.1, -0.05) is 41.4 Å². The molecule has 0 spiro atoms. The molecule has 1 N–H and O–H groups in total. The number of carbonyl (C=O) groups is 2. The largest absolute Gasteiger partial charge is 0.507 e. The smallest absolute Gasteiger partial charge is 0.300 e. The van der Waals surface area contributed by atoms with E-state index in [0.717, 1.165) is 16.0 Å². The number of nitrogens with zero attached hydrogens (tertiary/aromatic N) is 1. The third-order valence-corrected chi connectivity index (χ3v) is 6.74. The van der Waals surface area contributed by atoms with Crippen molar-refractivity contribution in [3.05, 3.63) is 91.6 Å². The molecule has 0 bridgehead atoms. The van der Waals surface area contributed by atoms with E-state index in [1.54, 1.807) is 18.2 Å². The summed E-state index contributed by atoms with van der Waals surface area (Å²) in [5.74, 6) is -1.54. The highest BCUT2D eigenvalue weighted by molar-refractivity contribution is 7.10. The van der Waals surface area contributed by atoms with Crippen LogP contribution in [0.3, 0.4) is 0 Å². The Morgan fingerprint density at radius 1 is 1.07 bits per heavy atom. The van der Waals surface area contributed by atoms with Gasteiger partial charge in [0.25, 0.3) is 11.7 Å². The molecular weight excluding hydrogens is 418 g/mol. The van der Waals surface area contributed by atoms with Gasteiger partial charge < -0.3 is 5.11 Å². The molecule has 0 radical (unpaired) electrons. The minimum absolute atomic E-state index is 0.0931. The van der Waals surface area contributed by atoms with Gasteiger partial charge in [0.2, 0.25) is 0 Å². The van der Waals surface area contributed by atoms with E-state index < -0.39 is 17.7 Å². The van der Waals surface area contributed by atoms with Crippen LogP contribution >= 0.6 is 22.9 Å². The Balaban J connectivity index is 1.99. The zero-order valence-corrected chi connectivity index (χ0v) is 18.3. The fourth-order valence-electron chi connectivity index (χ4n) is 3.79. The van der Waals surface area contributed by atoms with E-state index in [2.05, 4.69) is 0 Å². The molecule has 1 aliphatic heterocycles. The maximum absolute atomic E-state index is 13.2. The van der Waals surface area contributed by atoms with Crippen LogP contribution in [0.15, 0.2) is 59.5 Å². The van der Waals surface area contributed by atoms with Crippen molar-refractivity contribution in [3.8, 4) is 0 Å². The van der Waals surface area contributed by atoms with Crippen LogP contribution in [0.25, 0.3) is 5.76 Å². The fourth-order valence-corrected chi connectivity index (χ4v) is 4.78. The molecule has 6 heteroatoms. The van der Waals surface area contributed by atoms with Crippen molar-refractivity contribution >= 4 is 46.1 Å². The summed E-state index contributed by atoms with van der Waals surface area (Å²) in [6.45, 7) is 5.60. The Bertz CT molecular complexity index is 1200. The second-order valence-corrected chi connectivity index (χ2v) is 8.77. The first-order chi connectivity index (χ1) is 14.3. The average molecular weight is 438 g/mol. The van der Waals surface area contributed by atoms with Crippen LogP contribution < -0.4 is 4.90 Å². The molecule has 0 aliphatic carbocycles. The number of aryl methyl sites for hydroxylation is 2. The molecule has 1 aliphatic rings. The predicted molar refractivity (Wildman–Crippen MR) is 121 cm³/mol. The van der Waals surface area contributed by atoms with E-state index in [0.29, 0.717) is 21.8 Å². The van der Waals surface area contributed by atoms with Gasteiger partial charge in [0, 0.05) is 21.2 Å². The lowest BCUT2D eigenvalue weighted by molar-refractivity contribution is -0.132. The van der Waals surface area contributed by atoms with Gasteiger partial charge >= 0.3 is 0 Å². The Morgan fingerprint density at radius 3 is 2.53 bits per heavy atom. The molecule has 1 aromatic heterocycles. The highest BCUT2D eigenvalue weighted by Gasteiger charge is 2.48. The number of anilines is 1. The first-order valence-electron chi connectivity index (χ1n) is 9.48. The van der Waals surface area contributed by atoms with Gasteiger partial charge in [-0.05, 0) is 61.5 Å². The normalized spacial score (nSPS) is 18.3. The first kappa shape index (κ1) is 20.4. The summed E-state index contributed by atoms with van der Waals surface area (Å²) < 4.78 is 0. The van der Waals surface area contributed by atoms with Crippen LogP contribution in [0.2, 0.25) is 5.02 Å². The minimum atomic E-state index is -0.720. The minimum Gasteiger partial charge on any atom is -0.507 e. The number of Topliss-reactive ketones (excluding diaryl/α,β-unsaturated/α-hetero) is 1. The molecule has 4 rings (SSSR count). The number of benzene rings is 2. The van der Waals surface area contributed by atoms with E-state index >= 15 is 0 Å². The van der Waals surface area contributed by atoms with Gasteiger partial charge in [-0.3, -0.25) is 14.5 Å². The molecule has 3 aromatic rings. The van der Waals surface area contributed by atoms with Gasteiger partial charge in [-0.25, -0.2) is 0 Å². The summed E-state index contributed by atoms with van der Waals surface area (Å²) in [4.78, 5) is 28.6. The standard InChI is InChI=1S/C24H20ClNO3S/c1-13-9-10-14(2)16(12-13)22(27)20-21(19-8-5-11-30-19)26(24(29)23(20)28)18-7-4-6-17(25)15(18)3/h4-12,21,27H,1-3H3/b22-20-. The number of halogens is 1. The van der Waals surface area contributed by atoms with Crippen molar-refractivity contribution in [1.82, 2.24) is 0 Å². The summed E-state index contributed by atoms with van der Waals surface area (Å²) in [6.07, 6.45) is 0. The van der Waals surface area contributed by atoms with Crippen molar-refractivity contribution < 1.29 is 14.7 Å². The third-order valence-electron chi connectivity index (χ3n) is 5.40.